The Balaban J connectivity index is 1.85. The predicted molar refractivity (Wildman–Crippen MR) is 69.0 cm³/mol. The normalized spacial score (nSPS) is 24.2. The summed E-state index contributed by atoms with van der Waals surface area (Å²) in [4.78, 5) is 11.4. The van der Waals surface area contributed by atoms with Crippen LogP contribution < -0.4 is 5.32 Å². The Hall–Kier alpha value is -1.55. The Kier molecular flexibility index (Phi) is 3.87. The molecule has 2 rings (SSSR count). The molecule has 1 aromatic heterocycles. The third kappa shape index (κ3) is 3.47. The van der Waals surface area contributed by atoms with Gasteiger partial charge in [-0.15, -0.1) is 0 Å². The van der Waals surface area contributed by atoms with E-state index < -0.39 is 6.10 Å². The van der Waals surface area contributed by atoms with Gasteiger partial charge in [-0.3, -0.25) is 4.79 Å². The molecule has 4 heteroatoms. The molecule has 3 unspecified atom stereocenters. The molecule has 1 heterocycles. The smallest absolute Gasteiger partial charge is 0.244 e. The third-order valence-electron chi connectivity index (χ3n) is 3.09. The molecule has 18 heavy (non-hydrogen) atoms. The van der Waals surface area contributed by atoms with Crippen LogP contribution in [0.25, 0.3) is 6.08 Å². The van der Waals surface area contributed by atoms with Crippen LogP contribution >= 0.6 is 0 Å². The zero-order chi connectivity index (χ0) is 13.1. The van der Waals surface area contributed by atoms with Gasteiger partial charge in [-0.05, 0) is 37.5 Å². The van der Waals surface area contributed by atoms with Gasteiger partial charge in [0.05, 0.1) is 6.10 Å². The minimum atomic E-state index is -0.533. The molecule has 0 spiro atoms. The molecule has 4 nitrogen and oxygen atoms in total. The molecule has 1 aliphatic rings. The quantitative estimate of drug-likeness (QED) is 0.784. The average molecular weight is 249 g/mol. The fourth-order valence-electron chi connectivity index (χ4n) is 1.84. The van der Waals surface area contributed by atoms with E-state index in [-0.39, 0.29) is 12.5 Å². The largest absolute Gasteiger partial charge is 0.461 e. The van der Waals surface area contributed by atoms with E-state index in [2.05, 4.69) is 12.2 Å². The number of carbonyl (C=O) groups excluding carboxylic acids is 1. The highest BCUT2D eigenvalue weighted by molar-refractivity contribution is 5.91. The van der Waals surface area contributed by atoms with Crippen molar-refractivity contribution in [1.82, 2.24) is 5.32 Å². The highest BCUT2D eigenvalue weighted by Crippen LogP contribution is 2.47. The molecule has 1 fully saturated rings. The number of amides is 1. The van der Waals surface area contributed by atoms with Gasteiger partial charge in [0.15, 0.2) is 0 Å². The first-order chi connectivity index (χ1) is 8.56. The second-order valence-corrected chi connectivity index (χ2v) is 4.99. The van der Waals surface area contributed by atoms with Gasteiger partial charge >= 0.3 is 0 Å². The Labute approximate surface area is 107 Å². The molecular formula is C14H19NO3. The Bertz CT molecular complexity index is 448. The van der Waals surface area contributed by atoms with Gasteiger partial charge in [0.2, 0.25) is 5.91 Å². The van der Waals surface area contributed by atoms with Gasteiger partial charge in [0.1, 0.15) is 11.5 Å². The van der Waals surface area contributed by atoms with E-state index in [1.807, 2.05) is 12.1 Å². The van der Waals surface area contributed by atoms with E-state index >= 15 is 0 Å². The highest BCUT2D eigenvalue weighted by Gasteiger charge is 2.36. The van der Waals surface area contributed by atoms with Crippen LogP contribution in [0.2, 0.25) is 0 Å². The van der Waals surface area contributed by atoms with Gasteiger partial charge in [0.25, 0.3) is 0 Å². The zero-order valence-corrected chi connectivity index (χ0v) is 10.7. The van der Waals surface area contributed by atoms with E-state index in [9.17, 15) is 4.79 Å². The second-order valence-electron chi connectivity index (χ2n) is 4.99. The van der Waals surface area contributed by atoms with Crippen molar-refractivity contribution >= 4 is 12.0 Å². The molecule has 98 valence electrons. The second kappa shape index (κ2) is 5.40. The van der Waals surface area contributed by atoms with Crippen LogP contribution in [0, 0.1) is 5.92 Å². The molecule has 1 aromatic rings. The minimum Gasteiger partial charge on any atom is -0.461 e. The fourth-order valence-corrected chi connectivity index (χ4v) is 1.84. The number of hydrogen-bond acceptors (Lipinski definition) is 3. The number of furan rings is 1. The van der Waals surface area contributed by atoms with E-state index in [1.54, 1.807) is 13.0 Å². The summed E-state index contributed by atoms with van der Waals surface area (Å²) in [6, 6.07) is 3.85. The summed E-state index contributed by atoms with van der Waals surface area (Å²) >= 11 is 0. The maximum absolute atomic E-state index is 11.4. The summed E-state index contributed by atoms with van der Waals surface area (Å²) in [7, 11) is 0. The zero-order valence-electron chi connectivity index (χ0n) is 10.7. The van der Waals surface area contributed by atoms with Gasteiger partial charge in [0, 0.05) is 18.5 Å². The van der Waals surface area contributed by atoms with Crippen molar-refractivity contribution in [2.75, 3.05) is 6.54 Å². The summed E-state index contributed by atoms with van der Waals surface area (Å²) in [5.74, 6) is 2.73. The number of nitrogens with one attached hydrogen (secondary N) is 1. The van der Waals surface area contributed by atoms with E-state index in [0.29, 0.717) is 17.6 Å². The number of rotatable bonds is 5. The predicted octanol–water partition coefficient (Wildman–Crippen LogP) is 1.91. The van der Waals surface area contributed by atoms with Crippen molar-refractivity contribution in [3.8, 4) is 0 Å². The molecule has 2 N–H and O–H groups in total. The van der Waals surface area contributed by atoms with Crippen LogP contribution in [0.4, 0.5) is 0 Å². The molecule has 0 saturated heterocycles. The summed E-state index contributed by atoms with van der Waals surface area (Å²) in [6.07, 6.45) is 3.72. The lowest BCUT2D eigenvalue weighted by atomic mass is 10.3. The van der Waals surface area contributed by atoms with Crippen LogP contribution in [-0.4, -0.2) is 23.7 Å². The molecule has 1 aliphatic carbocycles. The van der Waals surface area contributed by atoms with Crippen molar-refractivity contribution in [2.45, 2.75) is 32.3 Å². The molecule has 0 aliphatic heterocycles. The van der Waals surface area contributed by atoms with Crippen molar-refractivity contribution in [1.29, 1.82) is 0 Å². The van der Waals surface area contributed by atoms with Crippen LogP contribution in [0.1, 0.15) is 37.7 Å². The molecule has 1 saturated carbocycles. The number of carbonyl (C=O) groups is 1. The maximum Gasteiger partial charge on any atom is 0.244 e. The molecule has 0 aromatic carbocycles. The monoisotopic (exact) mass is 249 g/mol. The van der Waals surface area contributed by atoms with E-state index in [0.717, 1.165) is 5.76 Å². The van der Waals surface area contributed by atoms with Gasteiger partial charge < -0.3 is 14.8 Å². The minimum absolute atomic E-state index is 0.228. The van der Waals surface area contributed by atoms with Crippen LogP contribution in [0.5, 0.6) is 0 Å². The number of hydrogen-bond donors (Lipinski definition) is 2. The lowest BCUT2D eigenvalue weighted by Gasteiger charge is -2.03. The number of aliphatic hydroxyl groups excluding tert-OH is 1. The molecule has 0 bridgehead atoms. The fraction of sp³-hybridized carbons (Fsp3) is 0.500. The van der Waals surface area contributed by atoms with Gasteiger partial charge in [-0.2, -0.15) is 0 Å². The van der Waals surface area contributed by atoms with Crippen molar-refractivity contribution < 1.29 is 14.3 Å². The molecular weight excluding hydrogens is 230 g/mol. The molecule has 0 radical (unpaired) electrons. The third-order valence-corrected chi connectivity index (χ3v) is 3.09. The van der Waals surface area contributed by atoms with Gasteiger partial charge in [-0.1, -0.05) is 6.92 Å². The van der Waals surface area contributed by atoms with E-state index in [4.69, 9.17) is 9.52 Å². The summed E-state index contributed by atoms with van der Waals surface area (Å²) in [6.45, 7) is 4.08. The van der Waals surface area contributed by atoms with Crippen LogP contribution in [0.15, 0.2) is 22.6 Å². The van der Waals surface area contributed by atoms with Crippen LogP contribution in [-0.2, 0) is 4.79 Å². The average Bonchev–Trinajstić information content (AvgIpc) is 2.88. The SMILES string of the molecule is CC(O)CNC(=O)/C=C/c1ccc(C2CC2C)o1. The summed E-state index contributed by atoms with van der Waals surface area (Å²) in [5.41, 5.74) is 0. The highest BCUT2D eigenvalue weighted by atomic mass is 16.3. The van der Waals surface area contributed by atoms with Crippen molar-refractivity contribution in [2.24, 2.45) is 5.92 Å². The lowest BCUT2D eigenvalue weighted by molar-refractivity contribution is -0.116. The standard InChI is InChI=1S/C14H19NO3/c1-9-7-12(9)13-5-3-11(18-13)4-6-14(17)15-8-10(2)16/h3-6,9-10,12,16H,7-8H2,1-2H3,(H,15,17)/b6-4+. The maximum atomic E-state index is 11.4. The lowest BCUT2D eigenvalue weighted by Crippen LogP contribution is -2.28. The van der Waals surface area contributed by atoms with Crippen molar-refractivity contribution in [3.05, 3.63) is 29.7 Å². The summed E-state index contributed by atoms with van der Waals surface area (Å²) in [5, 5.41) is 11.6. The van der Waals surface area contributed by atoms with Gasteiger partial charge in [-0.25, -0.2) is 0 Å². The van der Waals surface area contributed by atoms with E-state index in [1.165, 1.54) is 12.5 Å². The Morgan fingerprint density at radius 2 is 2.39 bits per heavy atom. The number of aliphatic hydroxyl groups is 1. The first-order valence-corrected chi connectivity index (χ1v) is 6.30. The molecule has 1 amide bonds. The Morgan fingerprint density at radius 3 is 3.00 bits per heavy atom. The topological polar surface area (TPSA) is 62.5 Å². The first-order valence-electron chi connectivity index (χ1n) is 6.30. The van der Waals surface area contributed by atoms with Crippen LogP contribution in [0.3, 0.4) is 0 Å². The van der Waals surface area contributed by atoms with Crippen molar-refractivity contribution in [3.63, 3.8) is 0 Å². The molecule has 3 atom stereocenters. The Morgan fingerprint density at radius 1 is 1.67 bits per heavy atom. The summed E-state index contributed by atoms with van der Waals surface area (Å²) < 4.78 is 5.64. The first kappa shape index (κ1) is 12.9.